The highest BCUT2D eigenvalue weighted by Gasteiger charge is 2.25. The highest BCUT2D eigenvalue weighted by atomic mass is 14.3. The Kier molecular flexibility index (Phi) is 10.9. The van der Waals surface area contributed by atoms with Crippen molar-refractivity contribution >= 4 is 0 Å². The first-order valence-electron chi connectivity index (χ1n) is 8.77. The van der Waals surface area contributed by atoms with Crippen molar-refractivity contribution in [2.24, 2.45) is 17.3 Å². The Bertz CT molecular complexity index is 270. The molecular weight excluding hydrogens is 240 g/mol. The fraction of sp³-hybridized carbons (Fsp3) is 0.800. The fourth-order valence-corrected chi connectivity index (χ4v) is 2.58. The van der Waals surface area contributed by atoms with Gasteiger partial charge in [-0.2, -0.15) is 0 Å². The van der Waals surface area contributed by atoms with E-state index in [1.165, 1.54) is 44.9 Å². The van der Waals surface area contributed by atoms with Crippen molar-refractivity contribution in [3.8, 4) is 0 Å². The molecule has 118 valence electrons. The van der Waals surface area contributed by atoms with Gasteiger partial charge in [-0.3, -0.25) is 0 Å². The standard InChI is InChI=1S/C20H38/c1-7-9-10-11-12-13-14-15-16-19(4)20(5,6)17-18(3)8-2/h13-16,18-19H,7-12,17H2,1-6H3. The lowest BCUT2D eigenvalue weighted by molar-refractivity contribution is 0.211. The summed E-state index contributed by atoms with van der Waals surface area (Å²) in [7, 11) is 0. The maximum Gasteiger partial charge on any atom is -0.0207 e. The second-order valence-corrected chi connectivity index (χ2v) is 7.16. The minimum Gasteiger partial charge on any atom is -0.0845 e. The molecule has 0 aromatic carbocycles. The fourth-order valence-electron chi connectivity index (χ4n) is 2.58. The maximum atomic E-state index is 2.41. The third-order valence-corrected chi connectivity index (χ3v) is 4.68. The zero-order valence-corrected chi connectivity index (χ0v) is 14.9. The minimum absolute atomic E-state index is 0.404. The van der Waals surface area contributed by atoms with Gasteiger partial charge in [0.05, 0.1) is 0 Å². The molecule has 20 heavy (non-hydrogen) atoms. The van der Waals surface area contributed by atoms with E-state index in [9.17, 15) is 0 Å². The summed E-state index contributed by atoms with van der Waals surface area (Å²) in [6, 6.07) is 0. The molecule has 0 nitrogen and oxygen atoms in total. The van der Waals surface area contributed by atoms with Crippen LogP contribution in [0, 0.1) is 17.3 Å². The van der Waals surface area contributed by atoms with Gasteiger partial charge in [-0.25, -0.2) is 0 Å². The monoisotopic (exact) mass is 278 g/mol. The third-order valence-electron chi connectivity index (χ3n) is 4.68. The minimum atomic E-state index is 0.404. The van der Waals surface area contributed by atoms with Gasteiger partial charge in [0.1, 0.15) is 0 Å². The van der Waals surface area contributed by atoms with E-state index >= 15 is 0 Å². The van der Waals surface area contributed by atoms with Crippen LogP contribution < -0.4 is 0 Å². The Balaban J connectivity index is 4.01. The molecule has 0 saturated carbocycles. The summed E-state index contributed by atoms with van der Waals surface area (Å²) in [6.45, 7) is 14.1. The lowest BCUT2D eigenvalue weighted by Gasteiger charge is -2.32. The quantitative estimate of drug-likeness (QED) is 0.277. The van der Waals surface area contributed by atoms with Crippen LogP contribution in [-0.2, 0) is 0 Å². The van der Waals surface area contributed by atoms with Crippen molar-refractivity contribution in [3.05, 3.63) is 24.3 Å². The van der Waals surface area contributed by atoms with Crippen LogP contribution in [0.15, 0.2) is 24.3 Å². The van der Waals surface area contributed by atoms with Crippen LogP contribution in [0.4, 0.5) is 0 Å². The number of allylic oxidation sites excluding steroid dienone is 4. The molecular formula is C20H38. The lowest BCUT2D eigenvalue weighted by atomic mass is 9.73. The molecule has 0 heteroatoms. The third kappa shape index (κ3) is 9.39. The van der Waals surface area contributed by atoms with Crippen LogP contribution in [-0.4, -0.2) is 0 Å². The van der Waals surface area contributed by atoms with Gasteiger partial charge in [0, 0.05) is 0 Å². The molecule has 0 radical (unpaired) electrons. The largest absolute Gasteiger partial charge is 0.0845 e. The van der Waals surface area contributed by atoms with Crippen molar-refractivity contribution in [2.45, 2.75) is 86.5 Å². The van der Waals surface area contributed by atoms with Crippen molar-refractivity contribution in [1.29, 1.82) is 0 Å². The van der Waals surface area contributed by atoms with Gasteiger partial charge >= 0.3 is 0 Å². The van der Waals surface area contributed by atoms with Crippen molar-refractivity contribution < 1.29 is 0 Å². The first-order valence-corrected chi connectivity index (χ1v) is 8.77. The van der Waals surface area contributed by atoms with Crippen molar-refractivity contribution in [1.82, 2.24) is 0 Å². The van der Waals surface area contributed by atoms with Crippen LogP contribution >= 0.6 is 0 Å². The zero-order chi connectivity index (χ0) is 15.4. The topological polar surface area (TPSA) is 0 Å². The van der Waals surface area contributed by atoms with E-state index in [4.69, 9.17) is 0 Å². The number of unbranched alkanes of at least 4 members (excludes halogenated alkanes) is 4. The van der Waals surface area contributed by atoms with E-state index in [1.54, 1.807) is 0 Å². The van der Waals surface area contributed by atoms with Gasteiger partial charge in [0.15, 0.2) is 0 Å². The van der Waals surface area contributed by atoms with Crippen LogP contribution in [0.2, 0.25) is 0 Å². The van der Waals surface area contributed by atoms with Crippen molar-refractivity contribution in [3.63, 3.8) is 0 Å². The van der Waals surface area contributed by atoms with Crippen molar-refractivity contribution in [2.75, 3.05) is 0 Å². The Labute approximate surface area is 128 Å². The molecule has 0 aliphatic rings. The molecule has 0 aliphatic carbocycles. The first kappa shape index (κ1) is 19.5. The highest BCUT2D eigenvalue weighted by molar-refractivity contribution is 5.05. The molecule has 0 aliphatic heterocycles. The summed E-state index contributed by atoms with van der Waals surface area (Å²) in [4.78, 5) is 0. The second kappa shape index (κ2) is 11.2. The Morgan fingerprint density at radius 2 is 1.65 bits per heavy atom. The summed E-state index contributed by atoms with van der Waals surface area (Å²) in [5.41, 5.74) is 0.404. The maximum absolute atomic E-state index is 2.41. The molecule has 0 spiro atoms. The summed E-state index contributed by atoms with van der Waals surface area (Å²) >= 11 is 0. The van der Waals surface area contributed by atoms with Gasteiger partial charge in [0.2, 0.25) is 0 Å². The lowest BCUT2D eigenvalue weighted by Crippen LogP contribution is -2.22. The molecule has 0 bridgehead atoms. The molecule has 0 N–H and O–H groups in total. The number of rotatable bonds is 11. The van der Waals surface area contributed by atoms with E-state index in [2.05, 4.69) is 65.8 Å². The molecule has 0 heterocycles. The summed E-state index contributed by atoms with van der Waals surface area (Å²) < 4.78 is 0. The molecule has 0 saturated heterocycles. The molecule has 0 rings (SSSR count). The van der Waals surface area contributed by atoms with Gasteiger partial charge < -0.3 is 0 Å². The van der Waals surface area contributed by atoms with Gasteiger partial charge in [0.25, 0.3) is 0 Å². The van der Waals surface area contributed by atoms with E-state index in [0.717, 1.165) is 5.92 Å². The van der Waals surface area contributed by atoms with E-state index in [1.807, 2.05) is 0 Å². The normalized spacial score (nSPS) is 16.1. The number of hydrogen-bond donors (Lipinski definition) is 0. The average Bonchev–Trinajstić information content (AvgIpc) is 2.40. The molecule has 0 amide bonds. The van der Waals surface area contributed by atoms with Crippen LogP contribution in [0.5, 0.6) is 0 Å². The molecule has 0 aromatic heterocycles. The summed E-state index contributed by atoms with van der Waals surface area (Å²) in [6.07, 6.45) is 18.4. The predicted molar refractivity (Wildman–Crippen MR) is 94.1 cm³/mol. The van der Waals surface area contributed by atoms with Gasteiger partial charge in [-0.1, -0.05) is 91.5 Å². The smallest absolute Gasteiger partial charge is 0.0207 e. The average molecular weight is 279 g/mol. The Morgan fingerprint density at radius 3 is 2.25 bits per heavy atom. The number of hydrogen-bond acceptors (Lipinski definition) is 0. The van der Waals surface area contributed by atoms with E-state index in [-0.39, 0.29) is 0 Å². The summed E-state index contributed by atoms with van der Waals surface area (Å²) in [5, 5.41) is 0. The second-order valence-electron chi connectivity index (χ2n) is 7.16. The molecule has 2 atom stereocenters. The predicted octanol–water partition coefficient (Wildman–Crippen LogP) is 7.17. The summed E-state index contributed by atoms with van der Waals surface area (Å²) in [5.74, 6) is 1.47. The van der Waals surface area contributed by atoms with E-state index in [0.29, 0.717) is 11.3 Å². The van der Waals surface area contributed by atoms with Gasteiger partial charge in [-0.05, 0) is 36.5 Å². The van der Waals surface area contributed by atoms with Crippen LogP contribution in [0.3, 0.4) is 0 Å². The van der Waals surface area contributed by atoms with Gasteiger partial charge in [-0.15, -0.1) is 0 Å². The SMILES string of the molecule is CCCCCCC=CC=CC(C)C(C)(C)CC(C)CC. The first-order chi connectivity index (χ1) is 9.44. The van der Waals surface area contributed by atoms with Crippen LogP contribution in [0.25, 0.3) is 0 Å². The highest BCUT2D eigenvalue weighted by Crippen LogP contribution is 2.35. The Hall–Kier alpha value is -0.520. The molecule has 0 fully saturated rings. The van der Waals surface area contributed by atoms with E-state index < -0.39 is 0 Å². The molecule has 0 aromatic rings. The van der Waals surface area contributed by atoms with Crippen LogP contribution in [0.1, 0.15) is 86.5 Å². The molecule has 2 unspecified atom stereocenters. The Morgan fingerprint density at radius 1 is 0.950 bits per heavy atom. The zero-order valence-electron chi connectivity index (χ0n) is 14.9.